The number of halogens is 3. The lowest BCUT2D eigenvalue weighted by molar-refractivity contribution is -0.192. The SMILES string of the molecule is Cc1nc(N)cc(-c2c(Nc3cc[nH]n3)nc3ccccn23)n1.O=C(O)C(F)(F)F. The van der Waals surface area contributed by atoms with Crippen molar-refractivity contribution >= 4 is 29.1 Å². The molecule has 5 N–H and O–H groups in total. The van der Waals surface area contributed by atoms with Gasteiger partial charge in [-0.25, -0.2) is 19.7 Å². The highest BCUT2D eigenvalue weighted by molar-refractivity contribution is 5.78. The van der Waals surface area contributed by atoms with Crippen LogP contribution in [0.3, 0.4) is 0 Å². The summed E-state index contributed by atoms with van der Waals surface area (Å²) in [5, 5.41) is 17.2. The fourth-order valence-corrected chi connectivity index (χ4v) is 2.49. The van der Waals surface area contributed by atoms with Gasteiger partial charge in [-0.2, -0.15) is 18.3 Å². The van der Waals surface area contributed by atoms with Crippen molar-refractivity contribution in [1.82, 2.24) is 29.5 Å². The number of H-pyrrole nitrogens is 1. The number of nitrogens with one attached hydrogen (secondary N) is 2. The molecule has 156 valence electrons. The molecule has 13 heteroatoms. The number of aromatic nitrogens is 6. The van der Waals surface area contributed by atoms with Gasteiger partial charge in [-0.1, -0.05) is 6.07 Å². The van der Waals surface area contributed by atoms with Crippen molar-refractivity contribution in [1.29, 1.82) is 0 Å². The van der Waals surface area contributed by atoms with Gasteiger partial charge >= 0.3 is 12.1 Å². The molecule has 0 aliphatic carbocycles. The van der Waals surface area contributed by atoms with Crippen LogP contribution in [0.25, 0.3) is 17.0 Å². The number of aromatic amines is 1. The van der Waals surface area contributed by atoms with Crippen LogP contribution in [0, 0.1) is 6.92 Å². The zero-order valence-corrected chi connectivity index (χ0v) is 15.3. The third kappa shape index (κ3) is 4.63. The van der Waals surface area contributed by atoms with E-state index in [1.165, 1.54) is 0 Å². The minimum absolute atomic E-state index is 0.420. The topological polar surface area (TPSA) is 147 Å². The number of carboxylic acid groups (broad SMARTS) is 1. The maximum Gasteiger partial charge on any atom is 0.490 e. The van der Waals surface area contributed by atoms with Crippen LogP contribution in [0.15, 0.2) is 42.7 Å². The van der Waals surface area contributed by atoms with Gasteiger partial charge in [-0.15, -0.1) is 0 Å². The molecule has 0 radical (unpaired) electrons. The van der Waals surface area contributed by atoms with Crippen molar-refractivity contribution in [2.24, 2.45) is 0 Å². The first-order valence-corrected chi connectivity index (χ1v) is 8.30. The first-order valence-electron chi connectivity index (χ1n) is 8.30. The molecule has 0 aliphatic heterocycles. The van der Waals surface area contributed by atoms with Gasteiger partial charge in [0.2, 0.25) is 0 Å². The van der Waals surface area contributed by atoms with E-state index in [9.17, 15) is 13.2 Å². The van der Waals surface area contributed by atoms with Crippen LogP contribution < -0.4 is 11.1 Å². The summed E-state index contributed by atoms with van der Waals surface area (Å²) in [5.41, 5.74) is 8.19. The van der Waals surface area contributed by atoms with Crippen LogP contribution in [0.1, 0.15) is 5.82 Å². The number of imidazole rings is 1. The highest BCUT2D eigenvalue weighted by atomic mass is 19.4. The lowest BCUT2D eigenvalue weighted by atomic mass is 10.2. The summed E-state index contributed by atoms with van der Waals surface area (Å²) in [5.74, 6) is -0.401. The van der Waals surface area contributed by atoms with Gasteiger partial charge in [0.15, 0.2) is 11.6 Å². The minimum atomic E-state index is -5.08. The Balaban J connectivity index is 0.000000318. The lowest BCUT2D eigenvalue weighted by Crippen LogP contribution is -2.21. The first-order chi connectivity index (χ1) is 14.1. The summed E-state index contributed by atoms with van der Waals surface area (Å²) in [6.45, 7) is 1.81. The maximum absolute atomic E-state index is 10.6. The Hall–Kier alpha value is -4.16. The molecule has 4 aromatic rings. The Morgan fingerprint density at radius 2 is 1.97 bits per heavy atom. The van der Waals surface area contributed by atoms with E-state index in [0.29, 0.717) is 29.0 Å². The molecule has 0 saturated carbocycles. The fourth-order valence-electron chi connectivity index (χ4n) is 2.49. The molecule has 0 amide bonds. The monoisotopic (exact) mass is 420 g/mol. The molecule has 0 aromatic carbocycles. The normalized spacial score (nSPS) is 11.1. The van der Waals surface area contributed by atoms with Crippen LogP contribution >= 0.6 is 0 Å². The number of carbonyl (C=O) groups is 1. The molecular weight excluding hydrogens is 405 g/mol. The molecule has 0 unspecified atom stereocenters. The van der Waals surface area contributed by atoms with Crippen LogP contribution in [-0.2, 0) is 4.79 Å². The molecule has 0 bridgehead atoms. The Morgan fingerprint density at radius 3 is 2.57 bits per heavy atom. The number of hydrogen-bond donors (Lipinski definition) is 4. The van der Waals surface area contributed by atoms with E-state index in [4.69, 9.17) is 15.6 Å². The van der Waals surface area contributed by atoms with Crippen molar-refractivity contribution in [2.45, 2.75) is 13.1 Å². The maximum atomic E-state index is 10.6. The van der Waals surface area contributed by atoms with Gasteiger partial charge in [0.1, 0.15) is 23.0 Å². The molecule has 0 spiro atoms. The smallest absolute Gasteiger partial charge is 0.475 e. The number of aliphatic carboxylic acids is 1. The zero-order valence-electron chi connectivity index (χ0n) is 15.3. The zero-order chi connectivity index (χ0) is 21.9. The number of pyridine rings is 1. The third-order valence-electron chi connectivity index (χ3n) is 3.62. The fraction of sp³-hybridized carbons (Fsp3) is 0.118. The number of rotatable bonds is 3. The number of anilines is 3. The second-order valence-electron chi connectivity index (χ2n) is 5.85. The number of carboxylic acids is 1. The number of alkyl halides is 3. The van der Waals surface area contributed by atoms with Crippen LogP contribution in [0.2, 0.25) is 0 Å². The van der Waals surface area contributed by atoms with E-state index >= 15 is 0 Å². The van der Waals surface area contributed by atoms with Gasteiger partial charge < -0.3 is 16.2 Å². The predicted molar refractivity (Wildman–Crippen MR) is 101 cm³/mol. The van der Waals surface area contributed by atoms with Crippen molar-refractivity contribution in [3.63, 3.8) is 0 Å². The van der Waals surface area contributed by atoms with Crippen molar-refractivity contribution in [3.8, 4) is 11.4 Å². The second kappa shape index (κ2) is 8.06. The number of nitrogens with zero attached hydrogens (tertiary/aromatic N) is 5. The van der Waals surface area contributed by atoms with Gasteiger partial charge in [0, 0.05) is 24.5 Å². The molecule has 0 aliphatic rings. The molecule has 4 rings (SSSR count). The van der Waals surface area contributed by atoms with E-state index in [0.717, 1.165) is 11.3 Å². The molecule has 30 heavy (non-hydrogen) atoms. The summed E-state index contributed by atoms with van der Waals surface area (Å²) >= 11 is 0. The Kier molecular flexibility index (Phi) is 5.53. The Morgan fingerprint density at radius 1 is 1.23 bits per heavy atom. The average Bonchev–Trinajstić information content (AvgIpc) is 3.28. The molecule has 0 atom stereocenters. The molecule has 0 fully saturated rings. The van der Waals surface area contributed by atoms with E-state index < -0.39 is 12.1 Å². The first kappa shape index (κ1) is 20.6. The summed E-state index contributed by atoms with van der Waals surface area (Å²) < 4.78 is 33.7. The standard InChI is InChI=1S/C15H14N8.C2HF3O2/c1-9-18-10(8-11(16)19-9)14-15(20-12-5-6-17-22-12)21-13-4-2-3-7-23(13)14;3-2(4,5)1(6)7/h2-8H,1H3,(H2,16,18,19)(H2,17,20,22);(H,6,7). The van der Waals surface area contributed by atoms with Gasteiger partial charge in [-0.3, -0.25) is 9.50 Å². The molecule has 10 nitrogen and oxygen atoms in total. The summed E-state index contributed by atoms with van der Waals surface area (Å²) in [6.07, 6.45) is -1.41. The summed E-state index contributed by atoms with van der Waals surface area (Å²) in [7, 11) is 0. The van der Waals surface area contributed by atoms with Crippen LogP contribution in [0.5, 0.6) is 0 Å². The van der Waals surface area contributed by atoms with E-state index in [1.54, 1.807) is 12.3 Å². The van der Waals surface area contributed by atoms with Gasteiger partial charge in [-0.05, 0) is 19.1 Å². The predicted octanol–water partition coefficient (Wildman–Crippen LogP) is 2.78. The van der Waals surface area contributed by atoms with Gasteiger partial charge in [0.05, 0.1) is 5.69 Å². The Labute approximate surface area is 166 Å². The quantitative estimate of drug-likeness (QED) is 0.396. The summed E-state index contributed by atoms with van der Waals surface area (Å²) in [4.78, 5) is 22.1. The lowest BCUT2D eigenvalue weighted by Gasteiger charge is -2.06. The molecule has 0 saturated heterocycles. The highest BCUT2D eigenvalue weighted by Crippen LogP contribution is 2.30. The number of fused-ring (bicyclic) bond motifs is 1. The number of nitrogen functional groups attached to an aromatic ring is 1. The molecule has 4 aromatic heterocycles. The average molecular weight is 420 g/mol. The number of nitrogens with two attached hydrogens (primary N) is 1. The van der Waals surface area contributed by atoms with Crippen LogP contribution in [0.4, 0.5) is 30.6 Å². The largest absolute Gasteiger partial charge is 0.490 e. The van der Waals surface area contributed by atoms with Crippen molar-refractivity contribution < 1.29 is 23.1 Å². The van der Waals surface area contributed by atoms with Gasteiger partial charge in [0.25, 0.3) is 0 Å². The highest BCUT2D eigenvalue weighted by Gasteiger charge is 2.38. The van der Waals surface area contributed by atoms with E-state index in [1.807, 2.05) is 41.8 Å². The van der Waals surface area contributed by atoms with Crippen molar-refractivity contribution in [3.05, 3.63) is 48.5 Å². The number of aryl methyl sites for hydroxylation is 1. The third-order valence-corrected chi connectivity index (χ3v) is 3.62. The van der Waals surface area contributed by atoms with Crippen molar-refractivity contribution in [2.75, 3.05) is 11.1 Å². The second-order valence-corrected chi connectivity index (χ2v) is 5.85. The van der Waals surface area contributed by atoms with Crippen LogP contribution in [-0.4, -0.2) is 46.8 Å². The minimum Gasteiger partial charge on any atom is -0.475 e. The molecular formula is C17H15F3N8O2. The Bertz CT molecular complexity index is 1150. The van der Waals surface area contributed by atoms with E-state index in [-0.39, 0.29) is 0 Å². The summed E-state index contributed by atoms with van der Waals surface area (Å²) in [6, 6.07) is 9.36. The molecule has 4 heterocycles. The van der Waals surface area contributed by atoms with E-state index in [2.05, 4.69) is 30.5 Å². The number of hydrogen-bond acceptors (Lipinski definition) is 7.